The van der Waals surface area contributed by atoms with Gasteiger partial charge < -0.3 is 24.4 Å². The number of carbonyl (C=O) groups is 1. The van der Waals surface area contributed by atoms with Crippen LogP contribution in [0.5, 0.6) is 5.75 Å². The van der Waals surface area contributed by atoms with Gasteiger partial charge >= 0.3 is 0 Å². The molecule has 0 unspecified atom stereocenters. The van der Waals surface area contributed by atoms with Crippen molar-refractivity contribution in [2.24, 2.45) is 0 Å². The second-order valence-electron chi connectivity index (χ2n) is 8.70. The van der Waals surface area contributed by atoms with Crippen LogP contribution in [0.25, 0.3) is 6.08 Å². The fraction of sp³-hybridized carbons (Fsp3) is 0.393. The summed E-state index contributed by atoms with van der Waals surface area (Å²) in [6.07, 6.45) is 5.49. The first-order valence-electron chi connectivity index (χ1n) is 12.2. The normalized spacial score (nSPS) is 16.9. The van der Waals surface area contributed by atoms with Crippen LogP contribution in [-0.4, -0.2) is 76.6 Å². The number of ether oxygens (including phenoxy) is 3. The van der Waals surface area contributed by atoms with Crippen LogP contribution in [0.3, 0.4) is 0 Å². The zero-order chi connectivity index (χ0) is 24.5. The zero-order valence-electron chi connectivity index (χ0n) is 20.5. The topological polar surface area (TPSA) is 63.3 Å². The molecule has 2 aliphatic rings. The highest BCUT2D eigenvalue weighted by Crippen LogP contribution is 2.26. The minimum absolute atomic E-state index is 0.133. The average Bonchev–Trinajstić information content (AvgIpc) is 2.90. The summed E-state index contributed by atoms with van der Waals surface area (Å²) in [4.78, 5) is 17.9. The summed E-state index contributed by atoms with van der Waals surface area (Å²) in [6.45, 7) is 13.7. The number of nitrogens with one attached hydrogen (secondary N) is 1. The van der Waals surface area contributed by atoms with E-state index in [-0.39, 0.29) is 5.91 Å². The van der Waals surface area contributed by atoms with Gasteiger partial charge in [-0.1, -0.05) is 30.9 Å². The lowest BCUT2D eigenvalue weighted by atomic mass is 10.1. The summed E-state index contributed by atoms with van der Waals surface area (Å²) in [5, 5.41) is 3.10. The summed E-state index contributed by atoms with van der Waals surface area (Å²) in [5.74, 6) is 0.636. The number of hydrogen-bond acceptors (Lipinski definition) is 6. The van der Waals surface area contributed by atoms with Crippen molar-refractivity contribution in [3.8, 4) is 5.75 Å². The number of nitrogens with zero attached hydrogens (tertiary/aromatic N) is 2. The van der Waals surface area contributed by atoms with Gasteiger partial charge in [-0.05, 0) is 42.8 Å². The van der Waals surface area contributed by atoms with Crippen LogP contribution in [0.1, 0.15) is 21.5 Å². The fourth-order valence-electron chi connectivity index (χ4n) is 4.23. The van der Waals surface area contributed by atoms with E-state index in [1.54, 1.807) is 6.08 Å². The molecule has 0 radical (unpaired) electrons. The molecule has 2 aromatic rings. The number of benzene rings is 2. The van der Waals surface area contributed by atoms with E-state index in [9.17, 15) is 4.79 Å². The Hall–Kier alpha value is -3.13. The summed E-state index contributed by atoms with van der Waals surface area (Å²) in [5.41, 5.74) is 4.23. The third-order valence-electron chi connectivity index (χ3n) is 6.31. The van der Waals surface area contributed by atoms with Gasteiger partial charge in [-0.2, -0.15) is 0 Å². The maximum Gasteiger partial charge on any atom is 0.256 e. The van der Waals surface area contributed by atoms with E-state index in [2.05, 4.69) is 27.8 Å². The maximum absolute atomic E-state index is 13.3. The van der Waals surface area contributed by atoms with Gasteiger partial charge in [0.1, 0.15) is 12.4 Å². The lowest BCUT2D eigenvalue weighted by molar-refractivity contribution is 0.0322. The second kappa shape index (κ2) is 12.5. The standard InChI is InChI=1S/C28H35N3O4/c1-3-4-5-23-20-25(35-19-12-30-10-15-33-16-11-30)8-9-27(23)29-28(32)26-21-24(7-6-22(26)2)31-13-17-34-18-14-31/h3-9,20-21H,1,10-19H2,2H3,(H,29,32)/b5-4-. The largest absolute Gasteiger partial charge is 0.492 e. The number of carbonyl (C=O) groups excluding carboxylic acids is 1. The molecule has 0 saturated carbocycles. The molecule has 186 valence electrons. The molecule has 4 rings (SSSR count). The molecule has 0 spiro atoms. The van der Waals surface area contributed by atoms with Gasteiger partial charge in [-0.3, -0.25) is 9.69 Å². The highest BCUT2D eigenvalue weighted by molar-refractivity contribution is 6.06. The van der Waals surface area contributed by atoms with Crippen molar-refractivity contribution in [2.75, 3.05) is 76.0 Å². The van der Waals surface area contributed by atoms with Crippen LogP contribution in [0.2, 0.25) is 0 Å². The van der Waals surface area contributed by atoms with Crippen LogP contribution >= 0.6 is 0 Å². The first-order valence-corrected chi connectivity index (χ1v) is 12.2. The number of hydrogen-bond donors (Lipinski definition) is 1. The van der Waals surface area contributed by atoms with Crippen LogP contribution in [-0.2, 0) is 9.47 Å². The fourth-order valence-corrected chi connectivity index (χ4v) is 4.23. The minimum atomic E-state index is -0.133. The quantitative estimate of drug-likeness (QED) is 0.551. The lowest BCUT2D eigenvalue weighted by Crippen LogP contribution is -2.38. The van der Waals surface area contributed by atoms with Gasteiger partial charge in [0.2, 0.25) is 0 Å². The summed E-state index contributed by atoms with van der Waals surface area (Å²) in [6, 6.07) is 11.8. The SMILES string of the molecule is C=C/C=C\c1cc(OCCN2CCOCC2)ccc1NC(=O)c1cc(N2CCOCC2)ccc1C. The van der Waals surface area contributed by atoms with Gasteiger partial charge in [0.15, 0.2) is 0 Å². The van der Waals surface area contributed by atoms with Crippen molar-refractivity contribution in [3.63, 3.8) is 0 Å². The van der Waals surface area contributed by atoms with Crippen LogP contribution in [0.4, 0.5) is 11.4 Å². The maximum atomic E-state index is 13.3. The molecule has 2 saturated heterocycles. The molecule has 35 heavy (non-hydrogen) atoms. The zero-order valence-corrected chi connectivity index (χ0v) is 20.5. The molecular weight excluding hydrogens is 442 g/mol. The third kappa shape index (κ3) is 6.94. The van der Waals surface area contributed by atoms with Crippen molar-refractivity contribution < 1.29 is 19.0 Å². The van der Waals surface area contributed by atoms with Crippen LogP contribution < -0.4 is 15.0 Å². The molecule has 0 aromatic heterocycles. The molecular formula is C28H35N3O4. The average molecular weight is 478 g/mol. The van der Waals surface area contributed by atoms with Crippen LogP contribution in [0, 0.1) is 6.92 Å². The predicted octanol–water partition coefficient (Wildman–Crippen LogP) is 3.99. The van der Waals surface area contributed by atoms with E-state index in [0.29, 0.717) is 25.4 Å². The van der Waals surface area contributed by atoms with Gasteiger partial charge in [-0.25, -0.2) is 0 Å². The predicted molar refractivity (Wildman–Crippen MR) is 141 cm³/mol. The number of rotatable bonds is 9. The Morgan fingerprint density at radius 3 is 2.54 bits per heavy atom. The smallest absolute Gasteiger partial charge is 0.256 e. The highest BCUT2D eigenvalue weighted by Gasteiger charge is 2.17. The minimum Gasteiger partial charge on any atom is -0.492 e. The monoisotopic (exact) mass is 477 g/mol. The van der Waals surface area contributed by atoms with Crippen molar-refractivity contribution in [2.45, 2.75) is 6.92 Å². The third-order valence-corrected chi connectivity index (χ3v) is 6.31. The van der Waals surface area contributed by atoms with E-state index in [0.717, 1.165) is 74.2 Å². The summed E-state index contributed by atoms with van der Waals surface area (Å²) >= 11 is 0. The van der Waals surface area contributed by atoms with Crippen molar-refractivity contribution >= 4 is 23.4 Å². The summed E-state index contributed by atoms with van der Waals surface area (Å²) in [7, 11) is 0. The molecule has 2 heterocycles. The first-order chi connectivity index (χ1) is 17.1. The van der Waals surface area contributed by atoms with Gasteiger partial charge in [-0.15, -0.1) is 0 Å². The Morgan fingerprint density at radius 2 is 1.80 bits per heavy atom. The Balaban J connectivity index is 1.45. The van der Waals surface area contributed by atoms with E-state index in [1.807, 2.05) is 49.4 Å². The van der Waals surface area contributed by atoms with E-state index in [4.69, 9.17) is 14.2 Å². The van der Waals surface area contributed by atoms with E-state index in [1.165, 1.54) is 0 Å². The molecule has 2 fully saturated rings. The Morgan fingerprint density at radius 1 is 1.06 bits per heavy atom. The molecule has 2 aliphatic heterocycles. The van der Waals surface area contributed by atoms with E-state index >= 15 is 0 Å². The van der Waals surface area contributed by atoms with Gasteiger partial charge in [0.25, 0.3) is 5.91 Å². The van der Waals surface area contributed by atoms with Crippen LogP contribution in [0.15, 0.2) is 55.1 Å². The van der Waals surface area contributed by atoms with Crippen molar-refractivity contribution in [1.29, 1.82) is 0 Å². The molecule has 7 heteroatoms. The second-order valence-corrected chi connectivity index (χ2v) is 8.70. The number of allylic oxidation sites excluding steroid dienone is 2. The number of amides is 1. The number of anilines is 2. The molecule has 0 atom stereocenters. The molecule has 1 amide bonds. The Bertz CT molecular complexity index is 1040. The lowest BCUT2D eigenvalue weighted by Gasteiger charge is -2.29. The molecule has 7 nitrogen and oxygen atoms in total. The molecule has 1 N–H and O–H groups in total. The first kappa shape index (κ1) is 25.0. The van der Waals surface area contributed by atoms with Crippen molar-refractivity contribution in [3.05, 3.63) is 71.8 Å². The summed E-state index contributed by atoms with van der Waals surface area (Å²) < 4.78 is 16.9. The Kier molecular flexibility index (Phi) is 8.95. The van der Waals surface area contributed by atoms with Gasteiger partial charge in [0.05, 0.1) is 26.4 Å². The number of aryl methyl sites for hydroxylation is 1. The number of morpholine rings is 2. The highest BCUT2D eigenvalue weighted by atomic mass is 16.5. The van der Waals surface area contributed by atoms with Gasteiger partial charge in [0, 0.05) is 55.2 Å². The van der Waals surface area contributed by atoms with Crippen molar-refractivity contribution in [1.82, 2.24) is 4.90 Å². The molecule has 2 aromatic carbocycles. The molecule has 0 bridgehead atoms. The van der Waals surface area contributed by atoms with E-state index < -0.39 is 0 Å². The Labute approximate surface area is 208 Å². The molecule has 0 aliphatic carbocycles.